The van der Waals surface area contributed by atoms with Crippen LogP contribution in [-0.4, -0.2) is 27.6 Å². The standard InChI is InChI=1S/C14H13ClFN3O2/c1-3-6-21-14(20)13-9(2)19(18-17-13)8-10-4-5-11(15)7-12(10)16/h3-5,7H,1,6,8H2,2H3. The zero-order chi connectivity index (χ0) is 15.4. The van der Waals surface area contributed by atoms with Crippen LogP contribution in [0.2, 0.25) is 5.02 Å². The minimum atomic E-state index is -0.588. The Morgan fingerprint density at radius 2 is 2.33 bits per heavy atom. The Morgan fingerprint density at radius 3 is 3.00 bits per heavy atom. The van der Waals surface area contributed by atoms with E-state index in [0.29, 0.717) is 16.3 Å². The average Bonchev–Trinajstić information content (AvgIpc) is 2.81. The number of hydrogen-bond donors (Lipinski definition) is 0. The summed E-state index contributed by atoms with van der Waals surface area (Å²) in [7, 11) is 0. The Kier molecular flexibility index (Phi) is 4.70. The second kappa shape index (κ2) is 6.49. The van der Waals surface area contributed by atoms with Crippen molar-refractivity contribution in [3.63, 3.8) is 0 Å². The molecule has 0 fully saturated rings. The number of rotatable bonds is 5. The first-order valence-electron chi connectivity index (χ1n) is 6.15. The van der Waals surface area contributed by atoms with Gasteiger partial charge < -0.3 is 4.74 Å². The minimum absolute atomic E-state index is 0.0942. The van der Waals surface area contributed by atoms with Gasteiger partial charge in [0.15, 0.2) is 5.69 Å². The van der Waals surface area contributed by atoms with Gasteiger partial charge in [-0.1, -0.05) is 35.5 Å². The van der Waals surface area contributed by atoms with Gasteiger partial charge in [-0.15, -0.1) is 5.10 Å². The molecular formula is C14H13ClFN3O2. The molecule has 0 unspecified atom stereocenters. The maximum absolute atomic E-state index is 13.8. The van der Waals surface area contributed by atoms with Crippen molar-refractivity contribution in [2.75, 3.05) is 6.61 Å². The highest BCUT2D eigenvalue weighted by Gasteiger charge is 2.18. The van der Waals surface area contributed by atoms with Crippen LogP contribution in [0.1, 0.15) is 21.7 Å². The van der Waals surface area contributed by atoms with Crippen LogP contribution in [0.4, 0.5) is 4.39 Å². The maximum Gasteiger partial charge on any atom is 0.361 e. The summed E-state index contributed by atoms with van der Waals surface area (Å²) < 4.78 is 20.1. The molecule has 1 heterocycles. The van der Waals surface area contributed by atoms with E-state index >= 15 is 0 Å². The second-order valence-electron chi connectivity index (χ2n) is 4.30. The van der Waals surface area contributed by atoms with Crippen LogP contribution >= 0.6 is 11.6 Å². The predicted octanol–water partition coefficient (Wildman–Crippen LogP) is 2.77. The third-order valence-corrected chi connectivity index (χ3v) is 3.08. The molecule has 1 aromatic heterocycles. The highest BCUT2D eigenvalue weighted by Crippen LogP contribution is 2.16. The van der Waals surface area contributed by atoms with Crippen molar-refractivity contribution >= 4 is 17.6 Å². The molecule has 0 aliphatic rings. The number of aromatic nitrogens is 3. The molecule has 110 valence electrons. The summed E-state index contributed by atoms with van der Waals surface area (Å²) in [5, 5.41) is 7.93. The predicted molar refractivity (Wildman–Crippen MR) is 75.8 cm³/mol. The van der Waals surface area contributed by atoms with Crippen LogP contribution in [0, 0.1) is 12.7 Å². The molecule has 5 nitrogen and oxygen atoms in total. The minimum Gasteiger partial charge on any atom is -0.457 e. The summed E-state index contributed by atoms with van der Waals surface area (Å²) in [4.78, 5) is 11.7. The Labute approximate surface area is 126 Å². The summed E-state index contributed by atoms with van der Waals surface area (Å²) >= 11 is 5.70. The number of ether oxygens (including phenoxy) is 1. The van der Waals surface area contributed by atoms with Crippen LogP contribution in [0.5, 0.6) is 0 Å². The summed E-state index contributed by atoms with van der Waals surface area (Å²) in [6, 6.07) is 4.38. The van der Waals surface area contributed by atoms with E-state index in [-0.39, 0.29) is 18.8 Å². The fourth-order valence-corrected chi connectivity index (χ4v) is 1.87. The zero-order valence-corrected chi connectivity index (χ0v) is 12.1. The van der Waals surface area contributed by atoms with E-state index in [0.717, 1.165) is 0 Å². The van der Waals surface area contributed by atoms with Crippen LogP contribution in [0.15, 0.2) is 30.9 Å². The third-order valence-electron chi connectivity index (χ3n) is 2.84. The van der Waals surface area contributed by atoms with E-state index in [1.165, 1.54) is 16.8 Å². The highest BCUT2D eigenvalue weighted by molar-refractivity contribution is 6.30. The summed E-state index contributed by atoms with van der Waals surface area (Å²) in [5.41, 5.74) is 1.00. The van der Waals surface area contributed by atoms with Gasteiger partial charge >= 0.3 is 5.97 Å². The third kappa shape index (κ3) is 3.46. The zero-order valence-electron chi connectivity index (χ0n) is 11.3. The molecule has 0 aliphatic heterocycles. The number of carbonyl (C=O) groups is 1. The first-order valence-corrected chi connectivity index (χ1v) is 6.52. The van der Waals surface area contributed by atoms with E-state index in [4.69, 9.17) is 16.3 Å². The van der Waals surface area contributed by atoms with Crippen molar-refractivity contribution in [2.45, 2.75) is 13.5 Å². The Hall–Kier alpha value is -2.21. The Morgan fingerprint density at radius 1 is 1.57 bits per heavy atom. The molecule has 2 rings (SSSR count). The molecule has 21 heavy (non-hydrogen) atoms. The van der Waals surface area contributed by atoms with Crippen molar-refractivity contribution in [1.82, 2.24) is 15.0 Å². The van der Waals surface area contributed by atoms with Crippen molar-refractivity contribution in [3.05, 3.63) is 58.6 Å². The quantitative estimate of drug-likeness (QED) is 0.629. The van der Waals surface area contributed by atoms with Crippen LogP contribution < -0.4 is 0 Å². The normalized spacial score (nSPS) is 10.4. The van der Waals surface area contributed by atoms with Crippen molar-refractivity contribution in [1.29, 1.82) is 0 Å². The molecule has 0 aliphatic carbocycles. The molecule has 0 saturated heterocycles. The van der Waals surface area contributed by atoms with Gasteiger partial charge in [0, 0.05) is 10.6 Å². The Balaban J connectivity index is 2.20. The van der Waals surface area contributed by atoms with Crippen LogP contribution in [0.3, 0.4) is 0 Å². The van der Waals surface area contributed by atoms with E-state index in [2.05, 4.69) is 16.9 Å². The molecule has 0 atom stereocenters. The molecular weight excluding hydrogens is 297 g/mol. The first kappa shape index (κ1) is 15.2. The van der Waals surface area contributed by atoms with Crippen molar-refractivity contribution in [3.8, 4) is 0 Å². The topological polar surface area (TPSA) is 57.0 Å². The van der Waals surface area contributed by atoms with Crippen LogP contribution in [0.25, 0.3) is 0 Å². The number of esters is 1. The van der Waals surface area contributed by atoms with Crippen molar-refractivity contribution in [2.24, 2.45) is 0 Å². The number of benzene rings is 1. The van der Waals surface area contributed by atoms with Gasteiger partial charge in [-0.2, -0.15) is 0 Å². The molecule has 0 N–H and O–H groups in total. The summed E-state index contributed by atoms with van der Waals surface area (Å²) in [6.07, 6.45) is 1.46. The van der Waals surface area contributed by atoms with E-state index in [9.17, 15) is 9.18 Å². The lowest BCUT2D eigenvalue weighted by Crippen LogP contribution is -2.09. The maximum atomic E-state index is 13.8. The lowest BCUT2D eigenvalue weighted by Gasteiger charge is -2.05. The van der Waals surface area contributed by atoms with Crippen LogP contribution in [-0.2, 0) is 11.3 Å². The fourth-order valence-electron chi connectivity index (χ4n) is 1.71. The largest absolute Gasteiger partial charge is 0.457 e. The molecule has 1 aromatic carbocycles. The highest BCUT2D eigenvalue weighted by atomic mass is 35.5. The first-order chi connectivity index (χ1) is 10.0. The molecule has 2 aromatic rings. The molecule has 0 radical (unpaired) electrons. The van der Waals surface area contributed by atoms with E-state index < -0.39 is 11.8 Å². The lowest BCUT2D eigenvalue weighted by atomic mass is 10.2. The van der Waals surface area contributed by atoms with Gasteiger partial charge in [0.2, 0.25) is 0 Å². The number of halogens is 2. The Bertz CT molecular complexity index is 685. The van der Waals surface area contributed by atoms with Gasteiger partial charge in [0.05, 0.1) is 12.2 Å². The fraction of sp³-hybridized carbons (Fsp3) is 0.214. The van der Waals surface area contributed by atoms with Gasteiger partial charge in [-0.25, -0.2) is 13.9 Å². The second-order valence-corrected chi connectivity index (χ2v) is 4.74. The lowest BCUT2D eigenvalue weighted by molar-refractivity contribution is 0.0542. The molecule has 0 amide bonds. The molecule has 0 bridgehead atoms. The van der Waals surface area contributed by atoms with E-state index in [1.54, 1.807) is 19.1 Å². The van der Waals surface area contributed by atoms with Gasteiger partial charge in [0.1, 0.15) is 12.4 Å². The summed E-state index contributed by atoms with van der Waals surface area (Å²) in [5.74, 6) is -1.02. The molecule has 0 saturated carbocycles. The van der Waals surface area contributed by atoms with Gasteiger partial charge in [-0.3, -0.25) is 0 Å². The summed E-state index contributed by atoms with van der Waals surface area (Å²) in [6.45, 7) is 5.36. The van der Waals surface area contributed by atoms with Gasteiger partial charge in [-0.05, 0) is 19.1 Å². The number of hydrogen-bond acceptors (Lipinski definition) is 4. The van der Waals surface area contributed by atoms with Crippen molar-refractivity contribution < 1.29 is 13.9 Å². The average molecular weight is 310 g/mol. The smallest absolute Gasteiger partial charge is 0.361 e. The van der Waals surface area contributed by atoms with Gasteiger partial charge in [0.25, 0.3) is 0 Å². The SMILES string of the molecule is C=CCOC(=O)c1nnn(Cc2ccc(Cl)cc2F)c1C. The number of carbonyl (C=O) groups excluding carboxylic acids is 1. The monoisotopic (exact) mass is 309 g/mol. The molecule has 7 heteroatoms. The van der Waals surface area contributed by atoms with E-state index in [1.807, 2.05) is 0 Å². The molecule has 0 spiro atoms. The number of nitrogens with zero attached hydrogens (tertiary/aromatic N) is 3.